The average Bonchev–Trinajstić information content (AvgIpc) is 2.96. The van der Waals surface area contributed by atoms with Crippen LogP contribution < -0.4 is 10.6 Å². The Kier molecular flexibility index (Phi) is 9.03. The fourth-order valence-electron chi connectivity index (χ4n) is 3.57. The summed E-state index contributed by atoms with van der Waals surface area (Å²) in [5, 5.41) is 6.41. The van der Waals surface area contributed by atoms with Crippen LogP contribution in [0.4, 0.5) is 22.7 Å². The Morgan fingerprint density at radius 3 is 1.44 bits per heavy atom. The molecule has 2 heterocycles. The van der Waals surface area contributed by atoms with Crippen LogP contribution in [0.1, 0.15) is 0 Å². The molecule has 0 saturated heterocycles. The topological polar surface area (TPSA) is 108 Å². The van der Waals surface area contributed by atoms with Crippen LogP contribution in [0.3, 0.4) is 0 Å². The normalized spacial score (nSPS) is 20.2. The van der Waals surface area contributed by atoms with E-state index >= 15 is 0 Å². The van der Waals surface area contributed by atoms with E-state index in [1.165, 1.54) is 12.2 Å². The number of hydrogen-bond acceptors (Lipinski definition) is 8. The molecule has 6 rings (SSSR count). The summed E-state index contributed by atoms with van der Waals surface area (Å²) in [6.07, 6.45) is 19.9. The third-order valence-corrected chi connectivity index (χ3v) is 5.47. The molecule has 39 heavy (non-hydrogen) atoms. The maximum atomic E-state index is 11.5. The molecule has 2 aliphatic heterocycles. The molecular formula is C30H22CuN6O2. The van der Waals surface area contributed by atoms with E-state index in [1.807, 2.05) is 48.5 Å². The van der Waals surface area contributed by atoms with Gasteiger partial charge in [0.2, 0.25) is 11.6 Å². The average molecular weight is 562 g/mol. The van der Waals surface area contributed by atoms with Crippen molar-refractivity contribution in [3.8, 4) is 0 Å². The predicted molar refractivity (Wildman–Crippen MR) is 154 cm³/mol. The molecule has 0 unspecified atom stereocenters. The first-order valence-electron chi connectivity index (χ1n) is 11.8. The van der Waals surface area contributed by atoms with Gasteiger partial charge < -0.3 is 10.6 Å². The van der Waals surface area contributed by atoms with Crippen molar-refractivity contribution in [2.45, 2.75) is 0 Å². The summed E-state index contributed by atoms with van der Waals surface area (Å²) in [5.41, 5.74) is 5.99. The number of benzene rings is 2. The zero-order valence-corrected chi connectivity index (χ0v) is 21.4. The standard InChI is InChI=1S/2C15H11N3O.Cu/c2*19-15-8-4-3-7-14(15)17-10-11-9-16-12-5-1-2-6-13(12)18-11;/h2*1-10,18H;/b2*11-10+,17-14?;. The smallest absolute Gasteiger partial charge is 0.204 e. The number of aliphatic imine (C=N–C) groups is 4. The molecule has 1 radical (unpaired) electrons. The molecule has 4 aliphatic rings. The second-order valence-corrected chi connectivity index (χ2v) is 8.16. The van der Waals surface area contributed by atoms with Crippen LogP contribution in [0.15, 0.2) is 141 Å². The Balaban J connectivity index is 0.000000176. The number of para-hydroxylation sites is 4. The summed E-state index contributed by atoms with van der Waals surface area (Å²) in [7, 11) is 0. The minimum atomic E-state index is -0.0903. The van der Waals surface area contributed by atoms with Gasteiger partial charge in [0, 0.05) is 17.1 Å². The first-order valence-corrected chi connectivity index (χ1v) is 11.8. The summed E-state index contributed by atoms with van der Waals surface area (Å²) in [4.78, 5) is 40.0. The second kappa shape index (κ2) is 13.0. The van der Waals surface area contributed by atoms with Crippen molar-refractivity contribution in [3.63, 3.8) is 0 Å². The fourth-order valence-corrected chi connectivity index (χ4v) is 3.57. The number of hydrogen-bond donors (Lipinski definition) is 2. The number of ketones is 2. The molecule has 0 bridgehead atoms. The Bertz CT molecular complexity index is 1480. The van der Waals surface area contributed by atoms with Crippen LogP contribution in [0.25, 0.3) is 0 Å². The summed E-state index contributed by atoms with van der Waals surface area (Å²) in [6.45, 7) is 0. The van der Waals surface area contributed by atoms with Gasteiger partial charge in [0.1, 0.15) is 11.4 Å². The van der Waals surface area contributed by atoms with Crippen LogP contribution in [0, 0.1) is 0 Å². The third-order valence-electron chi connectivity index (χ3n) is 5.47. The van der Waals surface area contributed by atoms with Crippen molar-refractivity contribution >= 4 is 58.2 Å². The van der Waals surface area contributed by atoms with Gasteiger partial charge in [-0.2, -0.15) is 0 Å². The van der Waals surface area contributed by atoms with Crippen molar-refractivity contribution in [1.82, 2.24) is 0 Å². The Morgan fingerprint density at radius 2 is 1.00 bits per heavy atom. The molecular weight excluding hydrogens is 540 g/mol. The Labute approximate surface area is 236 Å². The van der Waals surface area contributed by atoms with E-state index in [4.69, 9.17) is 0 Å². The van der Waals surface area contributed by atoms with Crippen LogP contribution in [-0.2, 0) is 26.7 Å². The minimum absolute atomic E-state index is 0. The first kappa shape index (κ1) is 27.1. The molecule has 0 atom stereocenters. The van der Waals surface area contributed by atoms with Crippen molar-refractivity contribution in [3.05, 3.63) is 121 Å². The molecule has 2 aliphatic carbocycles. The molecule has 0 spiro atoms. The fraction of sp³-hybridized carbons (Fsp3) is 0. The van der Waals surface area contributed by atoms with Gasteiger partial charge in [0.15, 0.2) is 0 Å². The number of nitrogens with zero attached hydrogens (tertiary/aromatic N) is 4. The van der Waals surface area contributed by atoms with Crippen LogP contribution in [-0.4, -0.2) is 35.4 Å². The number of carbonyl (C=O) groups excluding carboxylic acids is 2. The van der Waals surface area contributed by atoms with E-state index in [1.54, 1.807) is 61.3 Å². The monoisotopic (exact) mass is 561 g/mol. The molecule has 8 nitrogen and oxygen atoms in total. The van der Waals surface area contributed by atoms with Gasteiger partial charge in [-0.1, -0.05) is 48.6 Å². The predicted octanol–water partition coefficient (Wildman–Crippen LogP) is 5.58. The molecule has 2 aromatic carbocycles. The quantitative estimate of drug-likeness (QED) is 0.368. The molecule has 2 N–H and O–H groups in total. The number of nitrogens with one attached hydrogen (secondary N) is 2. The molecule has 0 aromatic heterocycles. The first-order chi connectivity index (χ1) is 18.7. The van der Waals surface area contributed by atoms with E-state index in [9.17, 15) is 9.59 Å². The number of allylic oxidation sites excluding steroid dienone is 10. The number of carbonyl (C=O) groups is 2. The van der Waals surface area contributed by atoms with Gasteiger partial charge in [0.05, 0.1) is 59.0 Å². The summed E-state index contributed by atoms with van der Waals surface area (Å²) >= 11 is 0. The molecule has 195 valence electrons. The number of anilines is 2. The number of fused-ring (bicyclic) bond motifs is 2. The summed E-state index contributed by atoms with van der Waals surface area (Å²) in [6, 6.07) is 15.5. The van der Waals surface area contributed by atoms with Crippen molar-refractivity contribution < 1.29 is 26.7 Å². The van der Waals surface area contributed by atoms with E-state index < -0.39 is 0 Å². The van der Waals surface area contributed by atoms with Gasteiger partial charge in [-0.15, -0.1) is 0 Å². The summed E-state index contributed by atoms with van der Waals surface area (Å²) in [5.74, 6) is -0.181. The zero-order chi connectivity index (χ0) is 26.2. The Morgan fingerprint density at radius 1 is 0.590 bits per heavy atom. The molecule has 0 amide bonds. The summed E-state index contributed by atoms with van der Waals surface area (Å²) < 4.78 is 0. The maximum Gasteiger partial charge on any atom is 0.204 e. The van der Waals surface area contributed by atoms with E-state index in [0.717, 1.165) is 34.1 Å². The van der Waals surface area contributed by atoms with E-state index in [-0.39, 0.29) is 28.6 Å². The van der Waals surface area contributed by atoms with Crippen molar-refractivity contribution in [2.24, 2.45) is 20.0 Å². The van der Waals surface area contributed by atoms with Gasteiger partial charge in [-0.05, 0) is 48.6 Å². The van der Waals surface area contributed by atoms with Crippen molar-refractivity contribution in [1.29, 1.82) is 0 Å². The number of rotatable bonds is 2. The molecule has 9 heteroatoms. The van der Waals surface area contributed by atoms with Crippen molar-refractivity contribution in [2.75, 3.05) is 10.6 Å². The van der Waals surface area contributed by atoms with Gasteiger partial charge in [-0.25, -0.2) is 0 Å². The van der Waals surface area contributed by atoms with Crippen LogP contribution in [0.2, 0.25) is 0 Å². The van der Waals surface area contributed by atoms with Crippen LogP contribution in [0.5, 0.6) is 0 Å². The SMILES string of the molecule is O=C1C=CC=CC1=N/C=C1\C=Nc2ccccc2N1.O=C1C=CC=CC1=N/C=C1\C=Nc2ccccc2N1.[Cu]. The van der Waals surface area contributed by atoms with E-state index in [0.29, 0.717) is 11.4 Å². The Hall–Kier alpha value is -4.98. The molecule has 2 aromatic rings. The second-order valence-electron chi connectivity index (χ2n) is 8.16. The van der Waals surface area contributed by atoms with Crippen LogP contribution >= 0.6 is 0 Å². The maximum absolute atomic E-state index is 11.5. The van der Waals surface area contributed by atoms with E-state index in [2.05, 4.69) is 30.6 Å². The zero-order valence-electron chi connectivity index (χ0n) is 20.5. The van der Waals surface area contributed by atoms with Gasteiger partial charge in [-0.3, -0.25) is 29.6 Å². The van der Waals surface area contributed by atoms with Gasteiger partial charge in [0.25, 0.3) is 0 Å². The minimum Gasteiger partial charge on any atom is -0.351 e. The van der Waals surface area contributed by atoms with Gasteiger partial charge >= 0.3 is 0 Å². The third kappa shape index (κ3) is 7.07. The molecule has 0 saturated carbocycles. The largest absolute Gasteiger partial charge is 0.351 e. The molecule has 0 fully saturated rings.